The van der Waals surface area contributed by atoms with Crippen molar-refractivity contribution in [2.75, 3.05) is 32.7 Å². The SMILES string of the molecule is CCN(CC)S(=O)(=O)c1ccc2[nH]c(=O)cc(C(=O)NCC(C)N3CC(C)OC(C)C3)c2c1. The van der Waals surface area contributed by atoms with Gasteiger partial charge in [0.15, 0.2) is 0 Å². The third kappa shape index (κ3) is 5.63. The molecule has 3 unspecified atom stereocenters. The fraction of sp³-hybridized carbons (Fsp3) is 0.565. The molecule has 2 heterocycles. The molecular formula is C23H34N4O5S. The quantitative estimate of drug-likeness (QED) is 0.598. The van der Waals surface area contributed by atoms with Gasteiger partial charge in [0, 0.05) is 55.7 Å². The number of aromatic nitrogens is 1. The second-order valence-electron chi connectivity index (χ2n) is 8.61. The first-order valence-corrected chi connectivity index (χ1v) is 12.9. The van der Waals surface area contributed by atoms with Crippen LogP contribution < -0.4 is 10.9 Å². The first-order chi connectivity index (χ1) is 15.6. The molecule has 3 rings (SSSR count). The monoisotopic (exact) mass is 478 g/mol. The summed E-state index contributed by atoms with van der Waals surface area (Å²) in [4.78, 5) is 30.3. The van der Waals surface area contributed by atoms with Gasteiger partial charge < -0.3 is 15.0 Å². The molecule has 2 aromatic rings. The standard InChI is InChI=1S/C23H34N4O5S/c1-6-27(7-2)33(30,31)18-8-9-21-19(10-18)20(11-22(28)25-21)23(29)24-12-15(3)26-13-16(4)32-17(5)14-26/h8-11,15-17H,6-7,12-14H2,1-5H3,(H,24,29)(H,25,28). The van der Waals surface area contributed by atoms with Crippen molar-refractivity contribution < 1.29 is 17.9 Å². The van der Waals surface area contributed by atoms with Crippen molar-refractivity contribution in [2.24, 2.45) is 0 Å². The van der Waals surface area contributed by atoms with E-state index in [2.05, 4.69) is 15.2 Å². The smallest absolute Gasteiger partial charge is 0.252 e. The van der Waals surface area contributed by atoms with Gasteiger partial charge in [0.2, 0.25) is 15.6 Å². The number of carbonyl (C=O) groups is 1. The Hall–Kier alpha value is -2.27. The highest BCUT2D eigenvalue weighted by molar-refractivity contribution is 7.89. The second-order valence-corrected chi connectivity index (χ2v) is 10.6. The number of benzene rings is 1. The molecule has 0 spiro atoms. The maximum absolute atomic E-state index is 13.1. The van der Waals surface area contributed by atoms with E-state index in [9.17, 15) is 18.0 Å². The number of hydrogen-bond acceptors (Lipinski definition) is 6. The second kappa shape index (κ2) is 10.3. The van der Waals surface area contributed by atoms with E-state index in [0.717, 1.165) is 13.1 Å². The minimum atomic E-state index is -3.70. The number of H-pyrrole nitrogens is 1. The fourth-order valence-electron chi connectivity index (χ4n) is 4.34. The molecule has 33 heavy (non-hydrogen) atoms. The molecule has 1 aliphatic rings. The number of rotatable bonds is 8. The lowest BCUT2D eigenvalue weighted by atomic mass is 10.1. The molecular weight excluding hydrogens is 444 g/mol. The van der Waals surface area contributed by atoms with Gasteiger partial charge in [-0.2, -0.15) is 4.31 Å². The van der Waals surface area contributed by atoms with Crippen LogP contribution in [0.4, 0.5) is 0 Å². The van der Waals surface area contributed by atoms with Crippen LogP contribution >= 0.6 is 0 Å². The summed E-state index contributed by atoms with van der Waals surface area (Å²) in [5.41, 5.74) is 0.146. The average molecular weight is 479 g/mol. The van der Waals surface area contributed by atoms with Gasteiger partial charge in [-0.25, -0.2) is 8.42 Å². The Balaban J connectivity index is 1.87. The number of pyridine rings is 1. The van der Waals surface area contributed by atoms with Crippen LogP contribution in [0.5, 0.6) is 0 Å². The summed E-state index contributed by atoms with van der Waals surface area (Å²) >= 11 is 0. The Morgan fingerprint density at radius 3 is 2.45 bits per heavy atom. The van der Waals surface area contributed by atoms with Crippen LogP contribution in [0.3, 0.4) is 0 Å². The van der Waals surface area contributed by atoms with Crippen molar-refractivity contribution in [2.45, 2.75) is 57.8 Å². The molecule has 10 heteroatoms. The topological polar surface area (TPSA) is 112 Å². The summed E-state index contributed by atoms with van der Waals surface area (Å²) < 4.78 is 33.1. The van der Waals surface area contributed by atoms with E-state index in [4.69, 9.17) is 4.74 Å². The van der Waals surface area contributed by atoms with E-state index in [-0.39, 0.29) is 28.7 Å². The molecule has 0 bridgehead atoms. The first-order valence-electron chi connectivity index (χ1n) is 11.4. The van der Waals surface area contributed by atoms with E-state index < -0.39 is 21.5 Å². The normalized spacial score (nSPS) is 20.8. The summed E-state index contributed by atoms with van der Waals surface area (Å²) in [5.74, 6) is -0.412. The van der Waals surface area contributed by atoms with E-state index in [1.807, 2.05) is 20.8 Å². The van der Waals surface area contributed by atoms with Gasteiger partial charge in [0.05, 0.1) is 22.7 Å². The zero-order chi connectivity index (χ0) is 24.3. The van der Waals surface area contributed by atoms with Crippen LogP contribution in [0.15, 0.2) is 34.0 Å². The Morgan fingerprint density at radius 1 is 1.21 bits per heavy atom. The van der Waals surface area contributed by atoms with Crippen LogP contribution in [0.25, 0.3) is 10.9 Å². The number of hydrogen-bond donors (Lipinski definition) is 2. The predicted molar refractivity (Wildman–Crippen MR) is 128 cm³/mol. The Bertz CT molecular complexity index is 1150. The molecule has 1 saturated heterocycles. The summed E-state index contributed by atoms with van der Waals surface area (Å²) in [5, 5.41) is 3.30. The highest BCUT2D eigenvalue weighted by Crippen LogP contribution is 2.23. The zero-order valence-electron chi connectivity index (χ0n) is 19.9. The molecule has 0 aliphatic carbocycles. The van der Waals surface area contributed by atoms with Gasteiger partial charge in [0.25, 0.3) is 5.91 Å². The summed E-state index contributed by atoms with van der Waals surface area (Å²) in [6.45, 7) is 12.3. The number of amides is 1. The highest BCUT2D eigenvalue weighted by Gasteiger charge is 2.27. The molecule has 0 saturated carbocycles. The van der Waals surface area contributed by atoms with Crippen LogP contribution in [-0.4, -0.2) is 79.5 Å². The van der Waals surface area contributed by atoms with E-state index in [0.29, 0.717) is 30.5 Å². The van der Waals surface area contributed by atoms with Gasteiger partial charge in [-0.3, -0.25) is 14.5 Å². The maximum Gasteiger partial charge on any atom is 0.252 e. The predicted octanol–water partition coefficient (Wildman–Crippen LogP) is 1.79. The lowest BCUT2D eigenvalue weighted by Crippen LogP contribution is -2.52. The number of carbonyl (C=O) groups excluding carboxylic acids is 1. The van der Waals surface area contributed by atoms with Crippen molar-refractivity contribution in [1.29, 1.82) is 0 Å². The minimum Gasteiger partial charge on any atom is -0.373 e. The first kappa shape index (κ1) is 25.4. The van der Waals surface area contributed by atoms with Crippen molar-refractivity contribution in [1.82, 2.24) is 19.5 Å². The minimum absolute atomic E-state index is 0.0783. The third-order valence-corrected chi connectivity index (χ3v) is 8.08. The summed E-state index contributed by atoms with van der Waals surface area (Å²) in [6.07, 6.45) is 0.240. The van der Waals surface area contributed by atoms with E-state index >= 15 is 0 Å². The molecule has 2 N–H and O–H groups in total. The molecule has 1 aliphatic heterocycles. The number of nitrogens with one attached hydrogen (secondary N) is 2. The van der Waals surface area contributed by atoms with Crippen LogP contribution in [0.2, 0.25) is 0 Å². The van der Waals surface area contributed by atoms with Gasteiger partial charge in [-0.15, -0.1) is 0 Å². The number of morpholine rings is 1. The Labute approximate surface area is 195 Å². The molecule has 1 aromatic carbocycles. The van der Waals surface area contributed by atoms with Crippen LogP contribution in [0.1, 0.15) is 45.0 Å². The van der Waals surface area contributed by atoms with Gasteiger partial charge in [0.1, 0.15) is 0 Å². The van der Waals surface area contributed by atoms with Crippen LogP contribution in [-0.2, 0) is 14.8 Å². The maximum atomic E-state index is 13.1. The number of fused-ring (bicyclic) bond motifs is 1. The Kier molecular flexibility index (Phi) is 7.94. The zero-order valence-corrected chi connectivity index (χ0v) is 20.7. The number of sulfonamides is 1. The Morgan fingerprint density at radius 2 is 1.85 bits per heavy atom. The molecule has 1 amide bonds. The molecule has 0 radical (unpaired) electrons. The van der Waals surface area contributed by atoms with Crippen LogP contribution in [0, 0.1) is 0 Å². The van der Waals surface area contributed by atoms with E-state index in [1.165, 1.54) is 28.6 Å². The number of aromatic amines is 1. The molecule has 182 valence electrons. The van der Waals surface area contributed by atoms with Gasteiger partial charge in [-0.05, 0) is 39.0 Å². The third-order valence-electron chi connectivity index (χ3n) is 6.03. The average Bonchev–Trinajstić information content (AvgIpc) is 2.76. The summed E-state index contributed by atoms with van der Waals surface area (Å²) in [7, 11) is -3.70. The van der Waals surface area contributed by atoms with Gasteiger partial charge in [-0.1, -0.05) is 13.8 Å². The number of nitrogens with zero attached hydrogens (tertiary/aromatic N) is 2. The molecule has 1 aromatic heterocycles. The van der Waals surface area contributed by atoms with Crippen molar-refractivity contribution in [3.63, 3.8) is 0 Å². The molecule has 9 nitrogen and oxygen atoms in total. The fourth-order valence-corrected chi connectivity index (χ4v) is 5.82. The van der Waals surface area contributed by atoms with Gasteiger partial charge >= 0.3 is 0 Å². The van der Waals surface area contributed by atoms with E-state index in [1.54, 1.807) is 13.8 Å². The molecule has 1 fully saturated rings. The van der Waals surface area contributed by atoms with Crippen molar-refractivity contribution >= 4 is 26.8 Å². The van der Waals surface area contributed by atoms with Crippen molar-refractivity contribution in [3.05, 3.63) is 40.2 Å². The largest absolute Gasteiger partial charge is 0.373 e. The lowest BCUT2D eigenvalue weighted by molar-refractivity contribution is -0.0778. The summed E-state index contributed by atoms with van der Waals surface area (Å²) in [6, 6.07) is 5.74. The number of ether oxygens (including phenoxy) is 1. The van der Waals surface area contributed by atoms with Crippen molar-refractivity contribution in [3.8, 4) is 0 Å². The highest BCUT2D eigenvalue weighted by atomic mass is 32.2. The lowest BCUT2D eigenvalue weighted by Gasteiger charge is -2.39. The molecule has 3 atom stereocenters.